The van der Waals surface area contributed by atoms with Crippen molar-refractivity contribution in [1.82, 2.24) is 24.9 Å². The number of aromatic nitrogens is 4. The van der Waals surface area contributed by atoms with E-state index in [1.165, 1.54) is 0 Å². The summed E-state index contributed by atoms with van der Waals surface area (Å²) in [6.07, 6.45) is 7.30. The molecule has 2 N–H and O–H groups in total. The molecule has 1 aromatic carbocycles. The summed E-state index contributed by atoms with van der Waals surface area (Å²) in [5.74, 6) is -0.252. The lowest BCUT2D eigenvalue weighted by Crippen LogP contribution is -2.43. The van der Waals surface area contributed by atoms with E-state index in [2.05, 4.69) is 30.6 Å². The van der Waals surface area contributed by atoms with Crippen LogP contribution in [0.4, 0.5) is 11.4 Å². The van der Waals surface area contributed by atoms with Crippen LogP contribution in [-0.2, 0) is 0 Å². The Morgan fingerprint density at radius 1 is 1.09 bits per heavy atom. The number of rotatable bonds is 5. The van der Waals surface area contributed by atoms with Gasteiger partial charge in [0.25, 0.3) is 5.91 Å². The molecule has 0 bridgehead atoms. The average Bonchev–Trinajstić information content (AvgIpc) is 3.28. The van der Waals surface area contributed by atoms with Gasteiger partial charge in [0.1, 0.15) is 5.69 Å². The third-order valence-corrected chi connectivity index (χ3v) is 6.13. The van der Waals surface area contributed by atoms with Crippen LogP contribution in [0, 0.1) is 0 Å². The zero-order valence-corrected chi connectivity index (χ0v) is 18.5. The summed E-state index contributed by atoms with van der Waals surface area (Å²) < 4.78 is 1.67. The molecular formula is C23H23N7OS. The molecule has 0 spiro atoms. The molecule has 1 fully saturated rings. The molecule has 4 aromatic rings. The molecule has 3 aromatic heterocycles. The molecule has 0 unspecified atom stereocenters. The van der Waals surface area contributed by atoms with Gasteiger partial charge in [-0.3, -0.25) is 4.79 Å². The number of piperazine rings is 1. The molecule has 162 valence electrons. The number of carbonyl (C=O) groups excluding carboxylic acids is 1. The Bertz CT molecular complexity index is 1250. The monoisotopic (exact) mass is 445 g/mol. The van der Waals surface area contributed by atoms with Gasteiger partial charge in [0.05, 0.1) is 22.6 Å². The molecule has 4 heterocycles. The summed E-state index contributed by atoms with van der Waals surface area (Å²) in [7, 11) is 0. The van der Waals surface area contributed by atoms with E-state index < -0.39 is 0 Å². The van der Waals surface area contributed by atoms with Crippen molar-refractivity contribution in [3.63, 3.8) is 0 Å². The maximum absolute atomic E-state index is 13.1. The number of pyridine rings is 1. The standard InChI is InChI=1S/C23H23N7OS/c1-32-21-7-6-16(14-25-21)17-15-26-30-11-8-19(27-22(17)30)23(31)28-18-4-2-3-5-20(18)29-12-9-24-10-13-29/h2-8,11,14-15,24H,9-10,12-13H2,1H3,(H,28,31). The molecule has 1 saturated heterocycles. The van der Waals surface area contributed by atoms with Crippen molar-refractivity contribution in [3.05, 3.63) is 66.7 Å². The second-order valence-corrected chi connectivity index (χ2v) is 8.26. The Balaban J connectivity index is 1.43. The molecule has 0 saturated carbocycles. The lowest BCUT2D eigenvalue weighted by Gasteiger charge is -2.31. The van der Waals surface area contributed by atoms with Gasteiger partial charge >= 0.3 is 0 Å². The molecule has 0 radical (unpaired) electrons. The fourth-order valence-corrected chi connectivity index (χ4v) is 4.17. The van der Waals surface area contributed by atoms with Crippen LogP contribution in [0.2, 0.25) is 0 Å². The fraction of sp³-hybridized carbons (Fsp3) is 0.217. The minimum absolute atomic E-state index is 0.252. The van der Waals surface area contributed by atoms with Crippen LogP contribution in [0.25, 0.3) is 16.8 Å². The smallest absolute Gasteiger partial charge is 0.274 e. The summed E-state index contributed by atoms with van der Waals surface area (Å²) >= 11 is 1.59. The predicted octanol–water partition coefficient (Wildman–Crippen LogP) is 3.18. The number of hydrogen-bond donors (Lipinski definition) is 2. The largest absolute Gasteiger partial charge is 0.367 e. The molecule has 1 amide bonds. The SMILES string of the molecule is CSc1ccc(-c2cnn3ccc(C(=O)Nc4ccccc4N4CCNCC4)nc23)cn1. The van der Waals surface area contributed by atoms with E-state index in [1.807, 2.05) is 42.7 Å². The Morgan fingerprint density at radius 2 is 1.94 bits per heavy atom. The third kappa shape index (κ3) is 4.04. The summed E-state index contributed by atoms with van der Waals surface area (Å²) in [5, 5.41) is 11.7. The van der Waals surface area contributed by atoms with Gasteiger partial charge in [0.2, 0.25) is 0 Å². The molecule has 1 aliphatic heterocycles. The molecule has 9 heteroatoms. The van der Waals surface area contributed by atoms with Crippen LogP contribution < -0.4 is 15.5 Å². The minimum atomic E-state index is -0.252. The van der Waals surface area contributed by atoms with Crippen molar-refractivity contribution in [2.24, 2.45) is 0 Å². The van der Waals surface area contributed by atoms with Gasteiger partial charge in [-0.2, -0.15) is 5.10 Å². The van der Waals surface area contributed by atoms with Gasteiger partial charge in [-0.25, -0.2) is 14.5 Å². The van der Waals surface area contributed by atoms with Crippen LogP contribution in [0.5, 0.6) is 0 Å². The van der Waals surface area contributed by atoms with Gasteiger partial charge in [-0.1, -0.05) is 12.1 Å². The van der Waals surface area contributed by atoms with Crippen molar-refractivity contribution in [3.8, 4) is 11.1 Å². The van der Waals surface area contributed by atoms with E-state index in [-0.39, 0.29) is 5.91 Å². The van der Waals surface area contributed by atoms with E-state index in [0.717, 1.165) is 53.7 Å². The normalized spacial score (nSPS) is 14.0. The van der Waals surface area contributed by atoms with Gasteiger partial charge in [-0.15, -0.1) is 11.8 Å². The zero-order valence-electron chi connectivity index (χ0n) is 17.7. The summed E-state index contributed by atoms with van der Waals surface area (Å²) in [4.78, 5) is 24.4. The Morgan fingerprint density at radius 3 is 2.72 bits per heavy atom. The quantitative estimate of drug-likeness (QED) is 0.456. The van der Waals surface area contributed by atoms with E-state index in [0.29, 0.717) is 11.3 Å². The Hall–Kier alpha value is -3.43. The van der Waals surface area contributed by atoms with Gasteiger partial charge in [0, 0.05) is 49.7 Å². The second-order valence-electron chi connectivity index (χ2n) is 7.44. The molecular weight excluding hydrogens is 422 g/mol. The number of fused-ring (bicyclic) bond motifs is 1. The molecule has 8 nitrogen and oxygen atoms in total. The number of carbonyl (C=O) groups is 1. The van der Waals surface area contributed by atoms with E-state index in [4.69, 9.17) is 0 Å². The number of amides is 1. The molecule has 32 heavy (non-hydrogen) atoms. The summed E-state index contributed by atoms with van der Waals surface area (Å²) in [6.45, 7) is 3.66. The fourth-order valence-electron chi connectivity index (χ4n) is 3.81. The lowest BCUT2D eigenvalue weighted by atomic mass is 10.1. The number of anilines is 2. The molecule has 5 rings (SSSR count). The number of nitrogens with one attached hydrogen (secondary N) is 2. The lowest BCUT2D eigenvalue weighted by molar-refractivity contribution is 0.102. The van der Waals surface area contributed by atoms with Gasteiger partial charge in [0.15, 0.2) is 5.65 Å². The maximum atomic E-state index is 13.1. The van der Waals surface area contributed by atoms with Crippen molar-refractivity contribution in [1.29, 1.82) is 0 Å². The first kappa shape index (κ1) is 20.5. The van der Waals surface area contributed by atoms with E-state index in [9.17, 15) is 4.79 Å². The van der Waals surface area contributed by atoms with E-state index in [1.54, 1.807) is 40.9 Å². The van der Waals surface area contributed by atoms with E-state index >= 15 is 0 Å². The highest BCUT2D eigenvalue weighted by molar-refractivity contribution is 7.98. The summed E-state index contributed by atoms with van der Waals surface area (Å²) in [6, 6.07) is 13.5. The van der Waals surface area contributed by atoms with Crippen LogP contribution in [0.15, 0.2) is 66.1 Å². The van der Waals surface area contributed by atoms with Crippen molar-refractivity contribution < 1.29 is 4.79 Å². The average molecular weight is 446 g/mol. The van der Waals surface area contributed by atoms with Gasteiger partial charge in [-0.05, 0) is 36.6 Å². The maximum Gasteiger partial charge on any atom is 0.274 e. The van der Waals surface area contributed by atoms with Crippen molar-refractivity contribution >= 4 is 34.7 Å². The first-order valence-corrected chi connectivity index (χ1v) is 11.7. The van der Waals surface area contributed by atoms with Crippen LogP contribution >= 0.6 is 11.8 Å². The highest BCUT2D eigenvalue weighted by atomic mass is 32.2. The number of hydrogen-bond acceptors (Lipinski definition) is 7. The van der Waals surface area contributed by atoms with Crippen LogP contribution in [-0.4, -0.2) is 57.9 Å². The third-order valence-electron chi connectivity index (χ3n) is 5.47. The number of nitrogens with zero attached hydrogens (tertiary/aromatic N) is 5. The minimum Gasteiger partial charge on any atom is -0.367 e. The molecule has 0 atom stereocenters. The highest BCUT2D eigenvalue weighted by Gasteiger charge is 2.17. The number of benzene rings is 1. The first-order chi connectivity index (χ1) is 15.7. The predicted molar refractivity (Wildman–Crippen MR) is 127 cm³/mol. The molecule has 1 aliphatic rings. The second kappa shape index (κ2) is 8.97. The molecule has 0 aliphatic carbocycles. The summed E-state index contributed by atoms with van der Waals surface area (Å²) in [5.41, 5.74) is 4.50. The zero-order chi connectivity index (χ0) is 21.9. The Kier molecular flexibility index (Phi) is 5.74. The first-order valence-electron chi connectivity index (χ1n) is 10.4. The van der Waals surface area contributed by atoms with Crippen LogP contribution in [0.1, 0.15) is 10.5 Å². The van der Waals surface area contributed by atoms with Crippen molar-refractivity contribution in [2.45, 2.75) is 5.03 Å². The number of thioether (sulfide) groups is 1. The number of para-hydroxylation sites is 2. The van der Waals surface area contributed by atoms with Crippen molar-refractivity contribution in [2.75, 3.05) is 42.7 Å². The topological polar surface area (TPSA) is 87.5 Å². The van der Waals surface area contributed by atoms with Crippen LogP contribution in [0.3, 0.4) is 0 Å². The highest BCUT2D eigenvalue weighted by Crippen LogP contribution is 2.27. The van der Waals surface area contributed by atoms with Gasteiger partial charge < -0.3 is 15.5 Å². The Labute approximate surface area is 190 Å².